The molecule has 21 heavy (non-hydrogen) atoms. The number of hydrogen-bond donors (Lipinski definition) is 2. The van der Waals surface area contributed by atoms with Crippen molar-refractivity contribution in [2.45, 2.75) is 52.6 Å². The first-order valence-corrected chi connectivity index (χ1v) is 8.27. The van der Waals surface area contributed by atoms with E-state index < -0.39 is 5.60 Å². The second-order valence-corrected chi connectivity index (χ2v) is 7.06. The van der Waals surface area contributed by atoms with Crippen LogP contribution >= 0.6 is 0 Å². The van der Waals surface area contributed by atoms with Gasteiger partial charge in [0.25, 0.3) is 0 Å². The third kappa shape index (κ3) is 9.69. The largest absolute Gasteiger partial charge is 0.444 e. The Labute approximate surface area is 129 Å². The number of likely N-dealkylation sites (tertiary alicyclic amines) is 1. The van der Waals surface area contributed by atoms with Crippen LogP contribution in [0, 0.1) is 5.92 Å². The zero-order valence-electron chi connectivity index (χ0n) is 14.2. The van der Waals surface area contributed by atoms with Crippen molar-refractivity contribution in [2.24, 2.45) is 5.92 Å². The van der Waals surface area contributed by atoms with Crippen LogP contribution in [0.1, 0.15) is 47.0 Å². The summed E-state index contributed by atoms with van der Waals surface area (Å²) in [6.45, 7) is 14.2. The van der Waals surface area contributed by atoms with Crippen molar-refractivity contribution in [2.75, 3.05) is 39.3 Å². The maximum Gasteiger partial charge on any atom is 0.407 e. The molecule has 1 aliphatic rings. The molecule has 1 heterocycles. The fraction of sp³-hybridized carbons (Fsp3) is 0.938. The number of nitrogens with zero attached hydrogens (tertiary/aromatic N) is 1. The van der Waals surface area contributed by atoms with Gasteiger partial charge in [0.2, 0.25) is 0 Å². The minimum atomic E-state index is -0.422. The summed E-state index contributed by atoms with van der Waals surface area (Å²) in [7, 11) is 0. The molecule has 0 spiro atoms. The molecule has 0 aliphatic carbocycles. The first kappa shape index (κ1) is 18.2. The highest BCUT2D eigenvalue weighted by Gasteiger charge is 2.15. The highest BCUT2D eigenvalue weighted by Crippen LogP contribution is 2.15. The Morgan fingerprint density at radius 3 is 2.48 bits per heavy atom. The predicted octanol–water partition coefficient (Wildman–Crippen LogP) is 2.22. The first-order valence-electron chi connectivity index (χ1n) is 8.27. The highest BCUT2D eigenvalue weighted by atomic mass is 16.6. The summed E-state index contributed by atoms with van der Waals surface area (Å²) in [5.74, 6) is 0.896. The maximum absolute atomic E-state index is 11.4. The highest BCUT2D eigenvalue weighted by molar-refractivity contribution is 5.67. The van der Waals surface area contributed by atoms with Crippen LogP contribution in [-0.2, 0) is 4.74 Å². The molecule has 0 radical (unpaired) electrons. The van der Waals surface area contributed by atoms with E-state index in [9.17, 15) is 4.79 Å². The quantitative estimate of drug-likeness (QED) is 0.708. The molecule has 5 nitrogen and oxygen atoms in total. The van der Waals surface area contributed by atoms with Crippen molar-refractivity contribution in [1.29, 1.82) is 0 Å². The second-order valence-electron chi connectivity index (χ2n) is 7.06. The van der Waals surface area contributed by atoms with Crippen LogP contribution in [0.25, 0.3) is 0 Å². The van der Waals surface area contributed by atoms with Crippen LogP contribution in [-0.4, -0.2) is 55.9 Å². The van der Waals surface area contributed by atoms with Crippen LogP contribution in [0.4, 0.5) is 4.79 Å². The number of carbonyl (C=O) groups excluding carboxylic acids is 1. The molecular weight excluding hydrogens is 266 g/mol. The fourth-order valence-electron chi connectivity index (χ4n) is 2.37. The predicted molar refractivity (Wildman–Crippen MR) is 86.6 cm³/mol. The van der Waals surface area contributed by atoms with Crippen molar-refractivity contribution in [3.63, 3.8) is 0 Å². The van der Waals surface area contributed by atoms with E-state index in [2.05, 4.69) is 22.5 Å². The number of hydrogen-bond acceptors (Lipinski definition) is 4. The molecule has 0 aromatic carbocycles. The number of piperidine rings is 1. The number of nitrogens with one attached hydrogen (secondary N) is 2. The molecule has 1 rings (SSSR count). The number of amides is 1. The van der Waals surface area contributed by atoms with E-state index >= 15 is 0 Å². The standard InChI is InChI=1S/C16H33N3O2/c1-14-6-11-19(12-7-14)13-10-17-8-5-9-18-15(20)21-16(2,3)4/h14,17H,5-13H2,1-4H3,(H,18,20). The number of carbonyl (C=O) groups is 1. The van der Waals surface area contributed by atoms with Crippen LogP contribution in [0.15, 0.2) is 0 Å². The van der Waals surface area contributed by atoms with Crippen molar-refractivity contribution in [1.82, 2.24) is 15.5 Å². The topological polar surface area (TPSA) is 53.6 Å². The minimum absolute atomic E-state index is 0.329. The van der Waals surface area contributed by atoms with Crippen LogP contribution in [0.5, 0.6) is 0 Å². The molecule has 1 amide bonds. The molecule has 0 saturated carbocycles. The van der Waals surface area contributed by atoms with Gasteiger partial charge in [0.1, 0.15) is 5.60 Å². The Kier molecular flexibility index (Phi) is 8.04. The summed E-state index contributed by atoms with van der Waals surface area (Å²) < 4.78 is 5.18. The van der Waals surface area contributed by atoms with Gasteiger partial charge in [-0.2, -0.15) is 0 Å². The van der Waals surface area contributed by atoms with Crippen LogP contribution in [0.3, 0.4) is 0 Å². The van der Waals surface area contributed by atoms with Gasteiger partial charge >= 0.3 is 6.09 Å². The average molecular weight is 299 g/mol. The molecule has 5 heteroatoms. The van der Waals surface area contributed by atoms with Gasteiger partial charge in [0.15, 0.2) is 0 Å². The molecule has 0 atom stereocenters. The lowest BCUT2D eigenvalue weighted by molar-refractivity contribution is 0.0527. The number of ether oxygens (including phenoxy) is 1. The van der Waals surface area contributed by atoms with E-state index in [1.165, 1.54) is 25.9 Å². The van der Waals surface area contributed by atoms with E-state index in [1.54, 1.807) is 0 Å². The van der Waals surface area contributed by atoms with E-state index in [4.69, 9.17) is 4.74 Å². The van der Waals surface area contributed by atoms with E-state index in [0.29, 0.717) is 6.54 Å². The van der Waals surface area contributed by atoms with Crippen LogP contribution < -0.4 is 10.6 Å². The lowest BCUT2D eigenvalue weighted by Gasteiger charge is -2.30. The Morgan fingerprint density at radius 2 is 1.86 bits per heavy atom. The van der Waals surface area contributed by atoms with Gasteiger partial charge in [-0.1, -0.05) is 6.92 Å². The maximum atomic E-state index is 11.4. The summed E-state index contributed by atoms with van der Waals surface area (Å²) in [5, 5.41) is 6.20. The first-order chi connectivity index (χ1) is 9.87. The van der Waals surface area contributed by atoms with Crippen molar-refractivity contribution in [3.8, 4) is 0 Å². The molecular formula is C16H33N3O2. The van der Waals surface area contributed by atoms with Gasteiger partial charge < -0.3 is 20.3 Å². The molecule has 124 valence electrons. The minimum Gasteiger partial charge on any atom is -0.444 e. The Bertz CT molecular complexity index is 294. The number of alkyl carbamates (subject to hydrolysis) is 1. The second kappa shape index (κ2) is 9.26. The average Bonchev–Trinajstić information content (AvgIpc) is 2.37. The Hall–Kier alpha value is -0.810. The zero-order valence-corrected chi connectivity index (χ0v) is 14.2. The Balaban J connectivity index is 1.90. The molecule has 1 fully saturated rings. The smallest absolute Gasteiger partial charge is 0.407 e. The van der Waals surface area contributed by atoms with Gasteiger partial charge in [0.05, 0.1) is 0 Å². The summed E-state index contributed by atoms with van der Waals surface area (Å²) in [6, 6.07) is 0. The summed E-state index contributed by atoms with van der Waals surface area (Å²) >= 11 is 0. The third-order valence-electron chi connectivity index (χ3n) is 3.68. The van der Waals surface area contributed by atoms with Gasteiger partial charge in [0, 0.05) is 19.6 Å². The van der Waals surface area contributed by atoms with Crippen molar-refractivity contribution >= 4 is 6.09 Å². The van der Waals surface area contributed by atoms with Crippen molar-refractivity contribution < 1.29 is 9.53 Å². The molecule has 0 unspecified atom stereocenters. The lowest BCUT2D eigenvalue weighted by Crippen LogP contribution is -2.38. The normalized spacial score (nSPS) is 17.7. The van der Waals surface area contributed by atoms with E-state index in [1.807, 2.05) is 20.8 Å². The molecule has 0 bridgehead atoms. The van der Waals surface area contributed by atoms with Gasteiger partial charge in [-0.25, -0.2) is 4.79 Å². The van der Waals surface area contributed by atoms with E-state index in [0.717, 1.165) is 32.0 Å². The molecule has 0 aromatic heterocycles. The molecule has 1 aliphatic heterocycles. The third-order valence-corrected chi connectivity index (χ3v) is 3.68. The van der Waals surface area contributed by atoms with Crippen molar-refractivity contribution in [3.05, 3.63) is 0 Å². The molecule has 0 aromatic rings. The molecule has 2 N–H and O–H groups in total. The van der Waals surface area contributed by atoms with Gasteiger partial charge in [-0.15, -0.1) is 0 Å². The Morgan fingerprint density at radius 1 is 1.19 bits per heavy atom. The fourth-order valence-corrected chi connectivity index (χ4v) is 2.37. The lowest BCUT2D eigenvalue weighted by atomic mass is 9.99. The van der Waals surface area contributed by atoms with E-state index in [-0.39, 0.29) is 6.09 Å². The SMILES string of the molecule is CC1CCN(CCNCCCNC(=O)OC(C)(C)C)CC1. The summed E-state index contributed by atoms with van der Waals surface area (Å²) in [5.41, 5.74) is -0.422. The molecule has 1 saturated heterocycles. The zero-order chi connectivity index (χ0) is 15.7. The number of rotatable bonds is 7. The monoisotopic (exact) mass is 299 g/mol. The van der Waals surface area contributed by atoms with Gasteiger partial charge in [-0.3, -0.25) is 0 Å². The summed E-state index contributed by atoms with van der Waals surface area (Å²) in [6.07, 6.45) is 3.26. The summed E-state index contributed by atoms with van der Waals surface area (Å²) in [4.78, 5) is 14.0. The van der Waals surface area contributed by atoms with Gasteiger partial charge in [-0.05, 0) is 65.6 Å². The van der Waals surface area contributed by atoms with Crippen LogP contribution in [0.2, 0.25) is 0 Å².